The van der Waals surface area contributed by atoms with Gasteiger partial charge in [-0.3, -0.25) is 0 Å². The number of anilines is 1. The molecule has 0 bridgehead atoms. The van der Waals surface area contributed by atoms with Crippen LogP contribution in [0.5, 0.6) is 0 Å². The first-order chi connectivity index (χ1) is 7.83. The minimum Gasteiger partial charge on any atom is -0.353 e. The first-order valence-corrected chi connectivity index (χ1v) is 7.67. The minimum absolute atomic E-state index is 0.670. The molecule has 1 atom stereocenters. The second-order valence-electron chi connectivity index (χ2n) is 4.13. The maximum atomic E-state index is 4.49. The van der Waals surface area contributed by atoms with Gasteiger partial charge in [-0.1, -0.05) is 15.9 Å². The first kappa shape index (κ1) is 12.4. The van der Waals surface area contributed by atoms with Crippen LogP contribution < -0.4 is 4.90 Å². The standard InChI is InChI=1S/C12H16Br2N2/c13-7-1-4-10-5-3-9-16(10)12-11(14)6-2-8-15-12/h2,6,8,10H,1,3-5,7,9H2. The van der Waals surface area contributed by atoms with Crippen molar-refractivity contribution in [3.8, 4) is 0 Å². The van der Waals surface area contributed by atoms with Crippen LogP contribution in [0.3, 0.4) is 0 Å². The van der Waals surface area contributed by atoms with Crippen molar-refractivity contribution in [2.75, 3.05) is 16.8 Å². The van der Waals surface area contributed by atoms with Gasteiger partial charge < -0.3 is 4.90 Å². The molecule has 1 fully saturated rings. The van der Waals surface area contributed by atoms with Crippen molar-refractivity contribution in [2.45, 2.75) is 31.7 Å². The van der Waals surface area contributed by atoms with E-state index < -0.39 is 0 Å². The molecule has 0 N–H and O–H groups in total. The van der Waals surface area contributed by atoms with Crippen molar-refractivity contribution in [3.63, 3.8) is 0 Å². The summed E-state index contributed by atoms with van der Waals surface area (Å²) in [5, 5.41) is 1.10. The molecule has 16 heavy (non-hydrogen) atoms. The molecule has 2 heterocycles. The van der Waals surface area contributed by atoms with E-state index >= 15 is 0 Å². The summed E-state index contributed by atoms with van der Waals surface area (Å²) in [4.78, 5) is 6.94. The van der Waals surface area contributed by atoms with Gasteiger partial charge >= 0.3 is 0 Å². The number of alkyl halides is 1. The fourth-order valence-corrected chi connectivity index (χ4v) is 3.12. The number of halogens is 2. The molecular weight excluding hydrogens is 332 g/mol. The Morgan fingerprint density at radius 2 is 2.38 bits per heavy atom. The average molecular weight is 348 g/mol. The quantitative estimate of drug-likeness (QED) is 0.765. The zero-order valence-corrected chi connectivity index (χ0v) is 12.4. The zero-order valence-electron chi connectivity index (χ0n) is 9.20. The van der Waals surface area contributed by atoms with Crippen LogP contribution in [0.25, 0.3) is 0 Å². The fourth-order valence-electron chi connectivity index (χ4n) is 2.32. The molecule has 4 heteroatoms. The van der Waals surface area contributed by atoms with Gasteiger partial charge in [0.1, 0.15) is 5.82 Å². The van der Waals surface area contributed by atoms with Gasteiger partial charge in [0.05, 0.1) is 4.47 Å². The molecule has 88 valence electrons. The molecule has 0 saturated carbocycles. The fraction of sp³-hybridized carbons (Fsp3) is 0.583. The highest BCUT2D eigenvalue weighted by atomic mass is 79.9. The summed E-state index contributed by atoms with van der Waals surface area (Å²) in [6.07, 6.45) is 6.96. The monoisotopic (exact) mass is 346 g/mol. The minimum atomic E-state index is 0.670. The molecule has 0 amide bonds. The SMILES string of the molecule is BrCCCC1CCCN1c1ncccc1Br. The number of hydrogen-bond acceptors (Lipinski definition) is 2. The molecule has 0 aromatic carbocycles. The van der Waals surface area contributed by atoms with Crippen LogP contribution in [0.4, 0.5) is 5.82 Å². The van der Waals surface area contributed by atoms with Crippen molar-refractivity contribution in [3.05, 3.63) is 22.8 Å². The Balaban J connectivity index is 2.10. The topological polar surface area (TPSA) is 16.1 Å². The van der Waals surface area contributed by atoms with Crippen LogP contribution in [0.2, 0.25) is 0 Å². The van der Waals surface area contributed by atoms with E-state index in [9.17, 15) is 0 Å². The number of nitrogens with zero attached hydrogens (tertiary/aromatic N) is 2. The molecule has 0 spiro atoms. The van der Waals surface area contributed by atoms with Crippen LogP contribution in [0.1, 0.15) is 25.7 Å². The van der Waals surface area contributed by atoms with Crippen molar-refractivity contribution in [1.29, 1.82) is 0 Å². The maximum absolute atomic E-state index is 4.49. The summed E-state index contributed by atoms with van der Waals surface area (Å²) in [6, 6.07) is 4.71. The molecule has 1 aromatic heterocycles. The van der Waals surface area contributed by atoms with Crippen molar-refractivity contribution >= 4 is 37.7 Å². The Hall–Kier alpha value is -0.0900. The Kier molecular flexibility index (Phi) is 4.65. The van der Waals surface area contributed by atoms with E-state index in [1.54, 1.807) is 0 Å². The molecular formula is C12H16Br2N2. The summed E-state index contributed by atoms with van der Waals surface area (Å²) in [6.45, 7) is 1.14. The lowest BCUT2D eigenvalue weighted by atomic mass is 10.1. The van der Waals surface area contributed by atoms with Gasteiger partial charge in [-0.2, -0.15) is 0 Å². The number of aromatic nitrogens is 1. The number of pyridine rings is 1. The zero-order chi connectivity index (χ0) is 11.4. The van der Waals surface area contributed by atoms with E-state index in [0.29, 0.717) is 6.04 Å². The van der Waals surface area contributed by atoms with Gasteiger partial charge in [0.15, 0.2) is 0 Å². The molecule has 0 aliphatic carbocycles. The lowest BCUT2D eigenvalue weighted by Gasteiger charge is -2.26. The van der Waals surface area contributed by atoms with Gasteiger partial charge in [-0.25, -0.2) is 4.98 Å². The van der Waals surface area contributed by atoms with Gasteiger partial charge in [0.25, 0.3) is 0 Å². The summed E-state index contributed by atoms with van der Waals surface area (Å²) < 4.78 is 1.11. The highest BCUT2D eigenvalue weighted by Crippen LogP contribution is 2.31. The smallest absolute Gasteiger partial charge is 0.143 e. The third-order valence-electron chi connectivity index (χ3n) is 3.06. The lowest BCUT2D eigenvalue weighted by Crippen LogP contribution is -2.30. The van der Waals surface area contributed by atoms with Crippen LogP contribution >= 0.6 is 31.9 Å². The Morgan fingerprint density at radius 1 is 1.50 bits per heavy atom. The predicted octanol–water partition coefficient (Wildman–Crippen LogP) is 3.99. The molecule has 2 nitrogen and oxygen atoms in total. The summed E-state index contributed by atoms with van der Waals surface area (Å²) >= 11 is 7.09. The largest absolute Gasteiger partial charge is 0.353 e. The van der Waals surface area contributed by atoms with Crippen molar-refractivity contribution in [2.24, 2.45) is 0 Å². The summed E-state index contributed by atoms with van der Waals surface area (Å²) in [7, 11) is 0. The van der Waals surface area contributed by atoms with E-state index in [1.165, 1.54) is 25.7 Å². The molecule has 2 rings (SSSR count). The molecule has 1 aliphatic rings. The Bertz CT molecular complexity index is 344. The number of rotatable bonds is 4. The Labute approximate surface area is 114 Å². The van der Waals surface area contributed by atoms with Crippen molar-refractivity contribution in [1.82, 2.24) is 4.98 Å². The van der Waals surface area contributed by atoms with Gasteiger partial charge in [-0.15, -0.1) is 0 Å². The highest BCUT2D eigenvalue weighted by molar-refractivity contribution is 9.10. The average Bonchev–Trinajstić information content (AvgIpc) is 2.75. The molecule has 0 radical (unpaired) electrons. The Morgan fingerprint density at radius 3 is 3.12 bits per heavy atom. The summed E-state index contributed by atoms with van der Waals surface area (Å²) in [5.74, 6) is 1.11. The molecule has 1 unspecified atom stereocenters. The number of hydrogen-bond donors (Lipinski definition) is 0. The highest BCUT2D eigenvalue weighted by Gasteiger charge is 2.26. The van der Waals surface area contributed by atoms with E-state index in [-0.39, 0.29) is 0 Å². The molecule has 1 aliphatic heterocycles. The normalized spacial score (nSPS) is 20.4. The third kappa shape index (κ3) is 2.77. The van der Waals surface area contributed by atoms with Crippen LogP contribution in [-0.2, 0) is 0 Å². The first-order valence-electron chi connectivity index (χ1n) is 5.76. The van der Waals surface area contributed by atoms with E-state index in [1.807, 2.05) is 12.3 Å². The van der Waals surface area contributed by atoms with E-state index in [0.717, 1.165) is 22.2 Å². The van der Waals surface area contributed by atoms with Crippen molar-refractivity contribution < 1.29 is 0 Å². The molecule has 1 aromatic rings. The predicted molar refractivity (Wildman–Crippen MR) is 75.3 cm³/mol. The third-order valence-corrected chi connectivity index (χ3v) is 4.24. The lowest BCUT2D eigenvalue weighted by molar-refractivity contribution is 0.600. The van der Waals surface area contributed by atoms with Crippen LogP contribution in [-0.4, -0.2) is 22.9 Å². The van der Waals surface area contributed by atoms with E-state index in [4.69, 9.17) is 0 Å². The van der Waals surface area contributed by atoms with Gasteiger partial charge in [-0.05, 0) is 53.7 Å². The maximum Gasteiger partial charge on any atom is 0.143 e. The molecule has 1 saturated heterocycles. The summed E-state index contributed by atoms with van der Waals surface area (Å²) in [5.41, 5.74) is 0. The van der Waals surface area contributed by atoms with Gasteiger partial charge in [0.2, 0.25) is 0 Å². The van der Waals surface area contributed by atoms with E-state index in [2.05, 4.69) is 47.8 Å². The van der Waals surface area contributed by atoms with Crippen LogP contribution in [0.15, 0.2) is 22.8 Å². The van der Waals surface area contributed by atoms with Gasteiger partial charge in [0, 0.05) is 24.1 Å². The second kappa shape index (κ2) is 6.01. The van der Waals surface area contributed by atoms with Crippen LogP contribution in [0, 0.1) is 0 Å². The second-order valence-corrected chi connectivity index (χ2v) is 5.78.